The summed E-state index contributed by atoms with van der Waals surface area (Å²) in [5.74, 6) is -1.07. The van der Waals surface area contributed by atoms with E-state index in [1.54, 1.807) is 0 Å². The second kappa shape index (κ2) is 6.85. The lowest BCUT2D eigenvalue weighted by atomic mass is 10.0. The van der Waals surface area contributed by atoms with Gasteiger partial charge in [0, 0.05) is 12.1 Å². The Morgan fingerprint density at radius 3 is 2.75 bits per heavy atom. The molecule has 0 bridgehead atoms. The second-order valence-corrected chi connectivity index (χ2v) is 5.45. The van der Waals surface area contributed by atoms with Gasteiger partial charge in [0.05, 0.1) is 10.6 Å². The van der Waals surface area contributed by atoms with E-state index < -0.39 is 11.6 Å². The molecule has 1 unspecified atom stereocenters. The fraction of sp³-hybridized carbons (Fsp3) is 0.429. The monoisotopic (exact) mass is 297 g/mol. The predicted molar refractivity (Wildman–Crippen MR) is 75.7 cm³/mol. The third-order valence-corrected chi connectivity index (χ3v) is 4.02. The SMILES string of the molecule is CCCNC(Cc1ccc(F)cc1F)c1snnc1C. The first-order valence-electron chi connectivity index (χ1n) is 6.58. The molecule has 0 saturated carbocycles. The highest BCUT2D eigenvalue weighted by Gasteiger charge is 2.19. The maximum absolute atomic E-state index is 13.8. The van der Waals surface area contributed by atoms with Crippen LogP contribution in [0.2, 0.25) is 0 Å². The summed E-state index contributed by atoms with van der Waals surface area (Å²) in [7, 11) is 0. The Hall–Kier alpha value is -1.40. The molecule has 0 aliphatic rings. The summed E-state index contributed by atoms with van der Waals surface area (Å²) in [6, 6.07) is 3.65. The molecule has 108 valence electrons. The van der Waals surface area contributed by atoms with Crippen LogP contribution in [0.25, 0.3) is 0 Å². The number of halogens is 2. The van der Waals surface area contributed by atoms with Crippen LogP contribution in [0.5, 0.6) is 0 Å². The summed E-state index contributed by atoms with van der Waals surface area (Å²) in [4.78, 5) is 1.00. The molecule has 1 atom stereocenters. The topological polar surface area (TPSA) is 37.8 Å². The van der Waals surface area contributed by atoms with Crippen molar-refractivity contribution in [3.8, 4) is 0 Å². The van der Waals surface area contributed by atoms with Crippen molar-refractivity contribution < 1.29 is 8.78 Å². The van der Waals surface area contributed by atoms with Crippen LogP contribution in [0, 0.1) is 18.6 Å². The van der Waals surface area contributed by atoms with Crippen molar-refractivity contribution in [2.75, 3.05) is 6.54 Å². The molecule has 0 spiro atoms. The van der Waals surface area contributed by atoms with Gasteiger partial charge >= 0.3 is 0 Å². The molecule has 2 aromatic rings. The lowest BCUT2D eigenvalue weighted by molar-refractivity contribution is 0.511. The van der Waals surface area contributed by atoms with Crippen molar-refractivity contribution in [1.82, 2.24) is 14.9 Å². The molecule has 6 heteroatoms. The van der Waals surface area contributed by atoms with Gasteiger partial charge in [-0.15, -0.1) is 5.10 Å². The number of aromatic nitrogens is 2. The highest BCUT2D eigenvalue weighted by molar-refractivity contribution is 7.05. The van der Waals surface area contributed by atoms with Gasteiger partial charge in [0.1, 0.15) is 11.6 Å². The molecular weight excluding hydrogens is 280 g/mol. The van der Waals surface area contributed by atoms with Crippen LogP contribution in [0.1, 0.15) is 35.5 Å². The Morgan fingerprint density at radius 2 is 2.15 bits per heavy atom. The molecule has 20 heavy (non-hydrogen) atoms. The van der Waals surface area contributed by atoms with Gasteiger partial charge in [-0.05, 0) is 49.5 Å². The van der Waals surface area contributed by atoms with E-state index in [2.05, 4.69) is 21.8 Å². The van der Waals surface area contributed by atoms with Crippen LogP contribution in [0.15, 0.2) is 18.2 Å². The first-order chi connectivity index (χ1) is 9.61. The Kier molecular flexibility index (Phi) is 5.14. The number of benzene rings is 1. The second-order valence-electron chi connectivity index (χ2n) is 4.67. The van der Waals surface area contributed by atoms with E-state index in [-0.39, 0.29) is 6.04 Å². The molecule has 1 aromatic carbocycles. The Bertz CT molecular complexity index is 571. The quantitative estimate of drug-likeness (QED) is 0.888. The van der Waals surface area contributed by atoms with Gasteiger partial charge in [-0.1, -0.05) is 17.5 Å². The fourth-order valence-corrected chi connectivity index (χ4v) is 2.76. The highest BCUT2D eigenvalue weighted by Crippen LogP contribution is 2.25. The van der Waals surface area contributed by atoms with Crippen molar-refractivity contribution >= 4 is 11.5 Å². The van der Waals surface area contributed by atoms with Crippen LogP contribution in [0.4, 0.5) is 8.78 Å². The van der Waals surface area contributed by atoms with E-state index in [9.17, 15) is 8.78 Å². The van der Waals surface area contributed by atoms with Crippen molar-refractivity contribution in [2.24, 2.45) is 0 Å². The van der Waals surface area contributed by atoms with Gasteiger partial charge in [-0.2, -0.15) is 0 Å². The van der Waals surface area contributed by atoms with Crippen LogP contribution >= 0.6 is 11.5 Å². The summed E-state index contributed by atoms with van der Waals surface area (Å²) in [6.45, 7) is 4.78. The molecule has 1 aromatic heterocycles. The van der Waals surface area contributed by atoms with E-state index in [0.717, 1.165) is 29.6 Å². The summed E-state index contributed by atoms with van der Waals surface area (Å²) in [5, 5.41) is 7.37. The normalized spacial score (nSPS) is 12.6. The minimum absolute atomic E-state index is 0.0464. The van der Waals surface area contributed by atoms with E-state index in [1.165, 1.54) is 23.7 Å². The van der Waals surface area contributed by atoms with E-state index in [0.29, 0.717) is 12.0 Å². The largest absolute Gasteiger partial charge is 0.309 e. The van der Waals surface area contributed by atoms with Crippen LogP contribution < -0.4 is 5.32 Å². The van der Waals surface area contributed by atoms with Crippen molar-refractivity contribution in [3.63, 3.8) is 0 Å². The summed E-state index contributed by atoms with van der Waals surface area (Å²) in [6.07, 6.45) is 1.44. The first-order valence-corrected chi connectivity index (χ1v) is 7.35. The van der Waals surface area contributed by atoms with Crippen molar-refractivity contribution in [3.05, 3.63) is 46.0 Å². The third-order valence-electron chi connectivity index (χ3n) is 3.08. The van der Waals surface area contributed by atoms with Crippen LogP contribution in [0.3, 0.4) is 0 Å². The number of nitrogens with one attached hydrogen (secondary N) is 1. The average Bonchev–Trinajstić information content (AvgIpc) is 2.83. The average molecular weight is 297 g/mol. The molecule has 0 radical (unpaired) electrons. The zero-order valence-corrected chi connectivity index (χ0v) is 12.3. The Labute approximate surface area is 121 Å². The van der Waals surface area contributed by atoms with Gasteiger partial charge in [0.15, 0.2) is 0 Å². The highest BCUT2D eigenvalue weighted by atomic mass is 32.1. The number of hydrogen-bond acceptors (Lipinski definition) is 4. The zero-order chi connectivity index (χ0) is 14.5. The smallest absolute Gasteiger partial charge is 0.129 e. The molecule has 0 amide bonds. The van der Waals surface area contributed by atoms with E-state index in [4.69, 9.17) is 0 Å². The molecular formula is C14H17F2N3S. The maximum atomic E-state index is 13.8. The van der Waals surface area contributed by atoms with Gasteiger partial charge in [-0.3, -0.25) is 0 Å². The lowest BCUT2D eigenvalue weighted by Crippen LogP contribution is -2.24. The zero-order valence-electron chi connectivity index (χ0n) is 11.5. The minimum Gasteiger partial charge on any atom is -0.309 e. The number of nitrogens with zero attached hydrogens (tertiary/aromatic N) is 2. The summed E-state index contributed by atoms with van der Waals surface area (Å²) >= 11 is 1.32. The van der Waals surface area contributed by atoms with Crippen LogP contribution in [-0.2, 0) is 6.42 Å². The molecule has 0 saturated heterocycles. The Balaban J connectivity index is 2.21. The predicted octanol–water partition coefficient (Wildman–Crippen LogP) is 3.41. The van der Waals surface area contributed by atoms with E-state index in [1.807, 2.05) is 6.92 Å². The molecule has 0 aliphatic carbocycles. The Morgan fingerprint density at radius 1 is 1.35 bits per heavy atom. The molecule has 1 heterocycles. The molecule has 0 aliphatic heterocycles. The van der Waals surface area contributed by atoms with Crippen LogP contribution in [-0.4, -0.2) is 16.1 Å². The fourth-order valence-electron chi connectivity index (χ4n) is 2.04. The third kappa shape index (κ3) is 3.58. The van der Waals surface area contributed by atoms with Gasteiger partial charge in [0.2, 0.25) is 0 Å². The number of hydrogen-bond donors (Lipinski definition) is 1. The van der Waals surface area contributed by atoms with E-state index >= 15 is 0 Å². The van der Waals surface area contributed by atoms with Crippen molar-refractivity contribution in [1.29, 1.82) is 0 Å². The molecule has 3 nitrogen and oxygen atoms in total. The standard InChI is InChI=1S/C14H17F2N3S/c1-3-6-17-13(14-9(2)18-19-20-14)7-10-4-5-11(15)8-12(10)16/h4-5,8,13,17H,3,6-7H2,1-2H3. The molecule has 1 N–H and O–H groups in total. The number of aryl methyl sites for hydroxylation is 1. The van der Waals surface area contributed by atoms with Gasteiger partial charge < -0.3 is 5.32 Å². The first kappa shape index (κ1) is 15.0. The maximum Gasteiger partial charge on any atom is 0.129 e. The molecule has 2 rings (SSSR count). The number of rotatable bonds is 6. The minimum atomic E-state index is -0.556. The summed E-state index contributed by atoms with van der Waals surface area (Å²) < 4.78 is 30.7. The van der Waals surface area contributed by atoms with Gasteiger partial charge in [0.25, 0.3) is 0 Å². The molecule has 0 fully saturated rings. The van der Waals surface area contributed by atoms with Gasteiger partial charge in [-0.25, -0.2) is 8.78 Å². The van der Waals surface area contributed by atoms with Crippen molar-refractivity contribution in [2.45, 2.75) is 32.7 Å². The lowest BCUT2D eigenvalue weighted by Gasteiger charge is -2.17. The summed E-state index contributed by atoms with van der Waals surface area (Å²) in [5.41, 5.74) is 1.35.